The van der Waals surface area contributed by atoms with Crippen molar-refractivity contribution in [2.24, 2.45) is 0 Å². The summed E-state index contributed by atoms with van der Waals surface area (Å²) in [6.45, 7) is 0. The smallest absolute Gasteiger partial charge is 0.201 e. The minimum absolute atomic E-state index is 0.122. The summed E-state index contributed by atoms with van der Waals surface area (Å²) in [5.41, 5.74) is 7.50. The van der Waals surface area contributed by atoms with Crippen LogP contribution in [0.15, 0.2) is 18.2 Å². The van der Waals surface area contributed by atoms with Crippen LogP contribution in [0.4, 0.5) is 5.95 Å². The number of fused-ring (bicyclic) bond motifs is 1. The standard InChI is InChI=1S/C12H15N3O3S/c1-18-9-2-3-11-10(6-9)14-12(13)15(11)8-4-5-19(16,17)7-8/h2-3,6,8H,4-5,7H2,1H3,(H2,13,14). The Morgan fingerprint density at radius 1 is 1.47 bits per heavy atom. The molecular weight excluding hydrogens is 266 g/mol. The van der Waals surface area contributed by atoms with Crippen molar-refractivity contribution in [3.8, 4) is 5.75 Å². The van der Waals surface area contributed by atoms with Crippen LogP contribution < -0.4 is 10.5 Å². The first-order chi connectivity index (χ1) is 9.00. The lowest BCUT2D eigenvalue weighted by molar-refractivity contribution is 0.415. The Bertz CT molecular complexity index is 736. The maximum absolute atomic E-state index is 11.6. The van der Waals surface area contributed by atoms with Crippen molar-refractivity contribution >= 4 is 26.8 Å². The number of nitrogens with zero attached hydrogens (tertiary/aromatic N) is 2. The molecule has 1 aliphatic heterocycles. The van der Waals surface area contributed by atoms with Gasteiger partial charge >= 0.3 is 0 Å². The predicted molar refractivity (Wildman–Crippen MR) is 73.0 cm³/mol. The van der Waals surface area contributed by atoms with E-state index in [1.807, 2.05) is 16.7 Å². The zero-order valence-electron chi connectivity index (χ0n) is 10.5. The minimum atomic E-state index is -2.95. The maximum Gasteiger partial charge on any atom is 0.201 e. The summed E-state index contributed by atoms with van der Waals surface area (Å²) in [5.74, 6) is 1.41. The van der Waals surface area contributed by atoms with E-state index in [0.717, 1.165) is 11.0 Å². The van der Waals surface area contributed by atoms with E-state index in [9.17, 15) is 8.42 Å². The third-order valence-corrected chi connectivity index (χ3v) is 5.25. The SMILES string of the molecule is COc1ccc2c(c1)nc(N)n2C1CCS(=O)(=O)C1. The van der Waals surface area contributed by atoms with Gasteiger partial charge in [-0.25, -0.2) is 13.4 Å². The molecular formula is C12H15N3O3S. The Balaban J connectivity index is 2.11. The highest BCUT2D eigenvalue weighted by molar-refractivity contribution is 7.91. The van der Waals surface area contributed by atoms with Gasteiger partial charge < -0.3 is 15.0 Å². The van der Waals surface area contributed by atoms with Gasteiger partial charge in [-0.3, -0.25) is 0 Å². The summed E-state index contributed by atoms with van der Waals surface area (Å²) in [4.78, 5) is 4.28. The van der Waals surface area contributed by atoms with Crippen LogP contribution in [0.2, 0.25) is 0 Å². The van der Waals surface area contributed by atoms with Crippen LogP contribution in [0.3, 0.4) is 0 Å². The van der Waals surface area contributed by atoms with Gasteiger partial charge in [-0.15, -0.1) is 0 Å². The molecule has 2 heterocycles. The molecule has 0 amide bonds. The third kappa shape index (κ3) is 2.03. The number of nitrogens with two attached hydrogens (primary N) is 1. The second kappa shape index (κ2) is 4.12. The molecule has 1 aromatic heterocycles. The molecule has 0 spiro atoms. The summed E-state index contributed by atoms with van der Waals surface area (Å²) in [5, 5.41) is 0. The highest BCUT2D eigenvalue weighted by atomic mass is 32.2. The normalized spacial score (nSPS) is 21.8. The number of nitrogen functional groups attached to an aromatic ring is 1. The third-order valence-electron chi connectivity index (χ3n) is 3.50. The minimum Gasteiger partial charge on any atom is -0.497 e. The lowest BCUT2D eigenvalue weighted by atomic mass is 10.2. The number of rotatable bonds is 2. The monoisotopic (exact) mass is 281 g/mol. The highest BCUT2D eigenvalue weighted by Crippen LogP contribution is 2.31. The number of imidazole rings is 1. The van der Waals surface area contributed by atoms with Crippen LogP contribution in [-0.2, 0) is 9.84 Å². The topological polar surface area (TPSA) is 87.2 Å². The first-order valence-electron chi connectivity index (χ1n) is 6.02. The lowest BCUT2D eigenvalue weighted by Gasteiger charge is -2.13. The van der Waals surface area contributed by atoms with E-state index in [4.69, 9.17) is 10.5 Å². The van der Waals surface area contributed by atoms with Crippen LogP contribution in [0.25, 0.3) is 11.0 Å². The number of benzene rings is 1. The average Bonchev–Trinajstić information content (AvgIpc) is 2.86. The summed E-state index contributed by atoms with van der Waals surface area (Å²) >= 11 is 0. The summed E-state index contributed by atoms with van der Waals surface area (Å²) in [7, 11) is -1.36. The average molecular weight is 281 g/mol. The van der Waals surface area contributed by atoms with E-state index in [-0.39, 0.29) is 17.5 Å². The number of hydrogen-bond acceptors (Lipinski definition) is 5. The van der Waals surface area contributed by atoms with Gasteiger partial charge in [0.05, 0.1) is 35.7 Å². The Labute approximate surface area is 111 Å². The molecule has 1 aromatic carbocycles. The molecule has 1 fully saturated rings. The molecule has 1 aliphatic rings. The van der Waals surface area contributed by atoms with E-state index in [1.165, 1.54) is 0 Å². The second-order valence-corrected chi connectivity index (χ2v) is 6.98. The molecule has 1 saturated heterocycles. The van der Waals surface area contributed by atoms with E-state index < -0.39 is 9.84 Å². The van der Waals surface area contributed by atoms with Gasteiger partial charge in [0.2, 0.25) is 5.95 Å². The Hall–Kier alpha value is -1.76. The largest absolute Gasteiger partial charge is 0.497 e. The molecule has 102 valence electrons. The van der Waals surface area contributed by atoms with Gasteiger partial charge in [-0.05, 0) is 18.6 Å². The molecule has 0 saturated carbocycles. The Morgan fingerprint density at radius 2 is 2.26 bits per heavy atom. The molecule has 6 nitrogen and oxygen atoms in total. The van der Waals surface area contributed by atoms with Crippen molar-refractivity contribution in [2.75, 3.05) is 24.3 Å². The predicted octanol–water partition coefficient (Wildman–Crippen LogP) is 0.987. The van der Waals surface area contributed by atoms with E-state index in [1.54, 1.807) is 13.2 Å². The fourth-order valence-corrected chi connectivity index (χ4v) is 4.29. The molecule has 1 atom stereocenters. The number of anilines is 1. The molecule has 2 N–H and O–H groups in total. The van der Waals surface area contributed by atoms with Crippen LogP contribution in [-0.4, -0.2) is 36.6 Å². The molecule has 19 heavy (non-hydrogen) atoms. The molecule has 0 bridgehead atoms. The molecule has 0 radical (unpaired) electrons. The molecule has 1 unspecified atom stereocenters. The molecule has 0 aliphatic carbocycles. The highest BCUT2D eigenvalue weighted by Gasteiger charge is 2.31. The van der Waals surface area contributed by atoms with Gasteiger partial charge in [0, 0.05) is 6.07 Å². The van der Waals surface area contributed by atoms with Crippen molar-refractivity contribution in [2.45, 2.75) is 12.5 Å². The van der Waals surface area contributed by atoms with Crippen molar-refractivity contribution in [1.29, 1.82) is 0 Å². The van der Waals surface area contributed by atoms with E-state index in [0.29, 0.717) is 18.1 Å². The van der Waals surface area contributed by atoms with Crippen molar-refractivity contribution < 1.29 is 13.2 Å². The Morgan fingerprint density at radius 3 is 2.89 bits per heavy atom. The second-order valence-electron chi connectivity index (χ2n) is 4.75. The van der Waals surface area contributed by atoms with Gasteiger partial charge in [-0.2, -0.15) is 0 Å². The van der Waals surface area contributed by atoms with Gasteiger partial charge in [0.25, 0.3) is 0 Å². The molecule has 2 aromatic rings. The molecule has 3 rings (SSSR count). The van der Waals surface area contributed by atoms with E-state index >= 15 is 0 Å². The number of hydrogen-bond donors (Lipinski definition) is 1. The maximum atomic E-state index is 11.6. The zero-order chi connectivity index (χ0) is 13.6. The first kappa shape index (κ1) is 12.3. The lowest BCUT2D eigenvalue weighted by Crippen LogP contribution is -2.13. The number of ether oxygens (including phenoxy) is 1. The van der Waals surface area contributed by atoms with Gasteiger partial charge in [0.1, 0.15) is 5.75 Å². The van der Waals surface area contributed by atoms with Gasteiger partial charge in [0.15, 0.2) is 9.84 Å². The van der Waals surface area contributed by atoms with Crippen LogP contribution in [0, 0.1) is 0 Å². The molecule has 7 heteroatoms. The van der Waals surface area contributed by atoms with Crippen molar-refractivity contribution in [3.05, 3.63) is 18.2 Å². The number of sulfone groups is 1. The fraction of sp³-hybridized carbons (Fsp3) is 0.417. The number of aromatic nitrogens is 2. The summed E-state index contributed by atoms with van der Waals surface area (Å²) in [6.07, 6.45) is 0.587. The van der Waals surface area contributed by atoms with Crippen molar-refractivity contribution in [1.82, 2.24) is 9.55 Å². The van der Waals surface area contributed by atoms with E-state index in [2.05, 4.69) is 4.98 Å². The van der Waals surface area contributed by atoms with Gasteiger partial charge in [-0.1, -0.05) is 0 Å². The van der Waals surface area contributed by atoms with Crippen LogP contribution >= 0.6 is 0 Å². The Kier molecular flexibility index (Phi) is 2.67. The number of methoxy groups -OCH3 is 1. The van der Waals surface area contributed by atoms with Crippen LogP contribution in [0.5, 0.6) is 5.75 Å². The summed E-state index contributed by atoms with van der Waals surface area (Å²) in [6, 6.07) is 5.36. The quantitative estimate of drug-likeness (QED) is 0.887. The zero-order valence-corrected chi connectivity index (χ0v) is 11.4. The summed E-state index contributed by atoms with van der Waals surface area (Å²) < 4.78 is 30.1. The van der Waals surface area contributed by atoms with Crippen molar-refractivity contribution in [3.63, 3.8) is 0 Å². The fourth-order valence-electron chi connectivity index (χ4n) is 2.59. The first-order valence-corrected chi connectivity index (χ1v) is 7.84. The van der Waals surface area contributed by atoms with Crippen LogP contribution in [0.1, 0.15) is 12.5 Å².